The Morgan fingerprint density at radius 2 is 2.50 bits per heavy atom. The van der Waals surface area contributed by atoms with E-state index in [9.17, 15) is 4.79 Å². The lowest BCUT2D eigenvalue weighted by atomic mass is 10.2. The van der Waals surface area contributed by atoms with Crippen LogP contribution < -0.4 is 5.32 Å². The first-order valence-electron chi connectivity index (χ1n) is 4.85. The van der Waals surface area contributed by atoms with Crippen LogP contribution in [0.1, 0.15) is 6.92 Å². The minimum Gasteiger partial charge on any atom is -0.394 e. The normalized spacial score (nSPS) is 24.4. The number of nitrogens with one attached hydrogen (secondary N) is 1. The molecule has 1 saturated heterocycles. The van der Waals surface area contributed by atoms with E-state index >= 15 is 0 Å². The van der Waals surface area contributed by atoms with E-state index in [0.717, 1.165) is 18.1 Å². The van der Waals surface area contributed by atoms with E-state index in [1.807, 2.05) is 6.92 Å². The Bertz CT molecular complexity index is 191. The number of carbonyl (C=O) groups excluding carboxylic acids is 1. The minimum atomic E-state index is -0.101. The van der Waals surface area contributed by atoms with Gasteiger partial charge in [-0.2, -0.15) is 11.8 Å². The summed E-state index contributed by atoms with van der Waals surface area (Å²) < 4.78 is 0. The van der Waals surface area contributed by atoms with Crippen molar-refractivity contribution in [1.82, 2.24) is 10.2 Å². The molecule has 2 unspecified atom stereocenters. The number of likely N-dealkylation sites (N-methyl/N-ethyl adjacent to an activating group) is 1. The smallest absolute Gasteiger partial charge is 0.240 e. The molecule has 0 aromatic rings. The highest BCUT2D eigenvalue weighted by atomic mass is 32.2. The molecule has 0 aliphatic carbocycles. The van der Waals surface area contributed by atoms with Gasteiger partial charge in [0.1, 0.15) is 0 Å². The van der Waals surface area contributed by atoms with Gasteiger partial charge in [-0.25, -0.2) is 0 Å². The third kappa shape index (κ3) is 2.87. The molecule has 1 amide bonds. The van der Waals surface area contributed by atoms with Crippen LogP contribution in [-0.2, 0) is 4.79 Å². The van der Waals surface area contributed by atoms with E-state index in [-0.39, 0.29) is 24.6 Å². The van der Waals surface area contributed by atoms with Crippen molar-refractivity contribution in [2.45, 2.75) is 19.0 Å². The molecule has 0 radical (unpaired) electrons. The first-order valence-corrected chi connectivity index (χ1v) is 6.01. The number of aliphatic hydroxyl groups excluding tert-OH is 1. The van der Waals surface area contributed by atoms with Crippen LogP contribution in [0.3, 0.4) is 0 Å². The second-order valence-electron chi connectivity index (χ2n) is 3.56. The maximum atomic E-state index is 11.8. The highest BCUT2D eigenvalue weighted by molar-refractivity contribution is 7.99. The summed E-state index contributed by atoms with van der Waals surface area (Å²) in [5, 5.41) is 12.1. The lowest BCUT2D eigenvalue weighted by molar-refractivity contribution is -0.134. The van der Waals surface area contributed by atoms with Gasteiger partial charge in [0.25, 0.3) is 0 Å². The van der Waals surface area contributed by atoms with Crippen LogP contribution in [-0.4, -0.2) is 59.7 Å². The molecular formula is C9H18N2O2S. The van der Waals surface area contributed by atoms with Crippen molar-refractivity contribution in [3.8, 4) is 0 Å². The number of aliphatic hydroxyl groups is 1. The van der Waals surface area contributed by atoms with E-state index in [1.165, 1.54) is 0 Å². The molecule has 0 spiro atoms. The second kappa shape index (κ2) is 5.58. The van der Waals surface area contributed by atoms with Crippen LogP contribution >= 0.6 is 11.8 Å². The maximum Gasteiger partial charge on any atom is 0.240 e. The molecule has 0 saturated carbocycles. The largest absolute Gasteiger partial charge is 0.394 e. The summed E-state index contributed by atoms with van der Waals surface area (Å²) in [4.78, 5) is 13.5. The van der Waals surface area contributed by atoms with Crippen LogP contribution in [0.25, 0.3) is 0 Å². The molecule has 1 heterocycles. The van der Waals surface area contributed by atoms with Gasteiger partial charge in [0.2, 0.25) is 5.91 Å². The molecule has 2 N–H and O–H groups in total. The molecule has 1 aliphatic rings. The summed E-state index contributed by atoms with van der Waals surface area (Å²) >= 11 is 1.80. The monoisotopic (exact) mass is 218 g/mol. The molecule has 1 rings (SSSR count). The zero-order chi connectivity index (χ0) is 10.6. The fraction of sp³-hybridized carbons (Fsp3) is 0.889. The molecule has 0 aromatic heterocycles. The Kier molecular flexibility index (Phi) is 4.71. The molecule has 0 aromatic carbocycles. The molecule has 1 fully saturated rings. The average Bonchev–Trinajstić information content (AvgIpc) is 2.27. The Hall–Kier alpha value is -0.260. The highest BCUT2D eigenvalue weighted by Gasteiger charge is 2.25. The third-order valence-corrected chi connectivity index (χ3v) is 3.55. The van der Waals surface area contributed by atoms with Crippen molar-refractivity contribution >= 4 is 17.7 Å². The average molecular weight is 218 g/mol. The Balaban J connectivity index is 2.46. The number of hydrogen-bond donors (Lipinski definition) is 2. The summed E-state index contributed by atoms with van der Waals surface area (Å²) in [6.45, 7) is 2.75. The minimum absolute atomic E-state index is 0.0160. The Labute approximate surface area is 89.0 Å². The lowest BCUT2D eigenvalue weighted by Gasteiger charge is -2.30. The number of nitrogens with zero attached hydrogens (tertiary/aromatic N) is 1. The van der Waals surface area contributed by atoms with Crippen molar-refractivity contribution in [3.05, 3.63) is 0 Å². The van der Waals surface area contributed by atoms with E-state index in [1.54, 1.807) is 23.7 Å². The van der Waals surface area contributed by atoms with Gasteiger partial charge in [-0.05, 0) is 6.92 Å². The van der Waals surface area contributed by atoms with Gasteiger partial charge in [-0.15, -0.1) is 0 Å². The van der Waals surface area contributed by atoms with Crippen LogP contribution in [0, 0.1) is 0 Å². The van der Waals surface area contributed by atoms with E-state index in [2.05, 4.69) is 5.32 Å². The lowest BCUT2D eigenvalue weighted by Crippen LogP contribution is -2.52. The van der Waals surface area contributed by atoms with Gasteiger partial charge >= 0.3 is 0 Å². The predicted octanol–water partition coefficient (Wildman–Crippen LogP) is -0.469. The van der Waals surface area contributed by atoms with Crippen molar-refractivity contribution < 1.29 is 9.90 Å². The standard InChI is InChI=1S/C9H18N2O2S/c1-7(5-12)11(2)9(13)8-6-14-4-3-10-8/h7-8,10,12H,3-6H2,1-2H3. The van der Waals surface area contributed by atoms with Gasteiger partial charge in [0.05, 0.1) is 18.7 Å². The number of hydrogen-bond acceptors (Lipinski definition) is 4. The molecular weight excluding hydrogens is 200 g/mol. The van der Waals surface area contributed by atoms with Crippen LogP contribution in [0.5, 0.6) is 0 Å². The summed E-state index contributed by atoms with van der Waals surface area (Å²) in [5.41, 5.74) is 0. The van der Waals surface area contributed by atoms with Gasteiger partial charge in [-0.1, -0.05) is 0 Å². The van der Waals surface area contributed by atoms with Crippen molar-refractivity contribution in [2.75, 3.05) is 31.7 Å². The number of carbonyl (C=O) groups is 1. The third-order valence-electron chi connectivity index (χ3n) is 2.49. The van der Waals surface area contributed by atoms with Gasteiger partial charge in [0.15, 0.2) is 0 Å². The Morgan fingerprint density at radius 1 is 1.79 bits per heavy atom. The zero-order valence-corrected chi connectivity index (χ0v) is 9.51. The predicted molar refractivity (Wildman–Crippen MR) is 58.4 cm³/mol. The van der Waals surface area contributed by atoms with E-state index in [4.69, 9.17) is 5.11 Å². The molecule has 1 aliphatic heterocycles. The zero-order valence-electron chi connectivity index (χ0n) is 8.69. The maximum absolute atomic E-state index is 11.8. The van der Waals surface area contributed by atoms with Crippen LogP contribution in [0.15, 0.2) is 0 Å². The summed E-state index contributed by atoms with van der Waals surface area (Å²) in [6, 6.07) is -0.177. The number of amides is 1. The van der Waals surface area contributed by atoms with Crippen molar-refractivity contribution in [2.24, 2.45) is 0 Å². The quantitative estimate of drug-likeness (QED) is 0.672. The van der Waals surface area contributed by atoms with Crippen molar-refractivity contribution in [3.63, 3.8) is 0 Å². The first kappa shape index (κ1) is 11.8. The summed E-state index contributed by atoms with van der Waals surface area (Å²) in [6.07, 6.45) is 0. The van der Waals surface area contributed by atoms with Gasteiger partial charge < -0.3 is 15.3 Å². The molecule has 5 heteroatoms. The van der Waals surface area contributed by atoms with E-state index < -0.39 is 0 Å². The molecule has 0 bridgehead atoms. The topological polar surface area (TPSA) is 52.6 Å². The number of thioether (sulfide) groups is 1. The summed E-state index contributed by atoms with van der Waals surface area (Å²) in [5.74, 6) is 1.99. The van der Waals surface area contributed by atoms with Gasteiger partial charge in [-0.3, -0.25) is 4.79 Å². The van der Waals surface area contributed by atoms with E-state index in [0.29, 0.717) is 0 Å². The van der Waals surface area contributed by atoms with Crippen molar-refractivity contribution in [1.29, 1.82) is 0 Å². The molecule has 2 atom stereocenters. The molecule has 4 nitrogen and oxygen atoms in total. The highest BCUT2D eigenvalue weighted by Crippen LogP contribution is 2.10. The SMILES string of the molecule is CC(CO)N(C)C(=O)C1CSCCN1. The fourth-order valence-electron chi connectivity index (χ4n) is 1.31. The summed E-state index contributed by atoms with van der Waals surface area (Å²) in [7, 11) is 1.74. The Morgan fingerprint density at radius 3 is 3.00 bits per heavy atom. The first-order chi connectivity index (χ1) is 6.66. The second-order valence-corrected chi connectivity index (χ2v) is 4.71. The molecule has 14 heavy (non-hydrogen) atoms. The number of rotatable bonds is 3. The van der Waals surface area contributed by atoms with Gasteiger partial charge in [0, 0.05) is 25.1 Å². The van der Waals surface area contributed by atoms with Crippen LogP contribution in [0.2, 0.25) is 0 Å². The fourth-order valence-corrected chi connectivity index (χ4v) is 2.23. The molecule has 82 valence electrons. The van der Waals surface area contributed by atoms with Crippen LogP contribution in [0.4, 0.5) is 0 Å².